The Kier molecular flexibility index (Phi) is 10.8. The van der Waals surface area contributed by atoms with E-state index in [2.05, 4.69) is 9.78 Å². The topological polar surface area (TPSA) is 134 Å². The molecule has 0 fully saturated rings. The zero-order chi connectivity index (χ0) is 12.7. The van der Waals surface area contributed by atoms with Crippen molar-refractivity contribution in [3.63, 3.8) is 0 Å². The average Bonchev–Trinajstić information content (AvgIpc) is 2.27. The minimum atomic E-state index is -1.83. The van der Waals surface area contributed by atoms with Gasteiger partial charge in [-0.05, 0) is 0 Å². The van der Waals surface area contributed by atoms with Crippen LogP contribution in [0.3, 0.4) is 0 Å². The van der Waals surface area contributed by atoms with E-state index in [0.717, 1.165) is 6.92 Å². The van der Waals surface area contributed by atoms with E-state index in [9.17, 15) is 19.8 Å². The van der Waals surface area contributed by atoms with Crippen LogP contribution in [0, 0.1) is 0 Å². The molecule has 0 heterocycles. The molecule has 4 atom stereocenters. The van der Waals surface area contributed by atoms with Crippen LogP contribution in [0.2, 0.25) is 0 Å². The largest absolute Gasteiger partial charge is 0.394 e. The number of rotatable bonds is 7. The van der Waals surface area contributed by atoms with E-state index in [1.807, 2.05) is 0 Å². The average molecular weight is 435 g/mol. The fourth-order valence-corrected chi connectivity index (χ4v) is 0.813. The quantitative estimate of drug-likeness (QED) is 0.145. The number of aldehydes is 1. The van der Waals surface area contributed by atoms with E-state index in [-0.39, 0.29) is 28.7 Å². The van der Waals surface area contributed by atoms with Crippen LogP contribution < -0.4 is 0 Å². The predicted octanol–water partition coefficient (Wildman–Crippen LogP) is -2.88. The summed E-state index contributed by atoms with van der Waals surface area (Å²) < 4.78 is 0. The Balaban J connectivity index is 0. The van der Waals surface area contributed by atoms with Crippen molar-refractivity contribution in [2.24, 2.45) is 0 Å². The molecule has 1 radical (unpaired) electrons. The third kappa shape index (κ3) is 6.86. The Labute approximate surface area is 113 Å². The van der Waals surface area contributed by atoms with E-state index in [1.54, 1.807) is 0 Å². The van der Waals surface area contributed by atoms with Crippen LogP contribution in [0.5, 0.6) is 0 Å². The summed E-state index contributed by atoms with van der Waals surface area (Å²) in [7, 11) is 0. The Morgan fingerprint density at radius 2 is 1.82 bits per heavy atom. The first kappa shape index (κ1) is 19.0. The van der Waals surface area contributed by atoms with Crippen LogP contribution in [0.25, 0.3) is 0 Å². The molecule has 0 aromatic rings. The van der Waals surface area contributed by atoms with Gasteiger partial charge in [-0.1, -0.05) is 0 Å². The Hall–Kier alpha value is -0.320. The van der Waals surface area contributed by atoms with Gasteiger partial charge in [-0.2, -0.15) is 4.89 Å². The standard InChI is InChI=1S/C8H14O8.Au/c1-4(11)15-16-6(3-10)8(14)7(13)5(12)2-9;/h3,5-9,12-14H,2H2,1H3;/t5-,6+,7-,8-;/m1./s1. The fraction of sp³-hybridized carbons (Fsp3) is 0.750. The summed E-state index contributed by atoms with van der Waals surface area (Å²) in [5, 5.41) is 36.0. The Bertz CT molecular complexity index is 236. The van der Waals surface area contributed by atoms with Crippen molar-refractivity contribution in [2.45, 2.75) is 31.3 Å². The summed E-state index contributed by atoms with van der Waals surface area (Å²) in [6.07, 6.45) is -6.85. The molecule has 8 nitrogen and oxygen atoms in total. The van der Waals surface area contributed by atoms with E-state index in [4.69, 9.17) is 10.2 Å². The summed E-state index contributed by atoms with van der Waals surface area (Å²) in [5.41, 5.74) is 0. The van der Waals surface area contributed by atoms with E-state index < -0.39 is 37.0 Å². The van der Waals surface area contributed by atoms with Crippen LogP contribution in [0.15, 0.2) is 0 Å². The second-order valence-electron chi connectivity index (χ2n) is 3.00. The number of aliphatic hydroxyl groups is 4. The predicted molar refractivity (Wildman–Crippen MR) is 47.8 cm³/mol. The van der Waals surface area contributed by atoms with Crippen LogP contribution in [0.4, 0.5) is 0 Å². The third-order valence-electron chi connectivity index (χ3n) is 1.68. The SMILES string of the molecule is CC(=O)OO[C@@H](C=O)[C@@H](O)[C@H](O)[C@H](O)CO.[Au]. The maximum atomic E-state index is 10.4. The van der Waals surface area contributed by atoms with E-state index >= 15 is 0 Å². The molecule has 105 valence electrons. The van der Waals surface area contributed by atoms with Crippen molar-refractivity contribution < 1.29 is 62.2 Å². The van der Waals surface area contributed by atoms with Gasteiger partial charge in [-0.15, -0.1) is 0 Å². The molecule has 0 bridgehead atoms. The van der Waals surface area contributed by atoms with Gasteiger partial charge in [-0.3, -0.25) is 4.89 Å². The van der Waals surface area contributed by atoms with Crippen molar-refractivity contribution in [3.8, 4) is 0 Å². The number of hydrogen-bond donors (Lipinski definition) is 4. The van der Waals surface area contributed by atoms with Gasteiger partial charge in [0, 0.05) is 29.3 Å². The fourth-order valence-electron chi connectivity index (χ4n) is 0.813. The molecule has 0 spiro atoms. The molecule has 0 aromatic heterocycles. The molecule has 0 aliphatic rings. The van der Waals surface area contributed by atoms with Gasteiger partial charge in [-0.25, -0.2) is 4.79 Å². The van der Waals surface area contributed by atoms with Gasteiger partial charge < -0.3 is 25.2 Å². The minimum absolute atomic E-state index is 0. The maximum absolute atomic E-state index is 10.4. The second-order valence-corrected chi connectivity index (χ2v) is 3.00. The van der Waals surface area contributed by atoms with Gasteiger partial charge in [0.15, 0.2) is 12.4 Å². The Morgan fingerprint density at radius 1 is 1.29 bits per heavy atom. The molecule has 0 unspecified atom stereocenters. The molecule has 0 saturated carbocycles. The molecule has 4 N–H and O–H groups in total. The summed E-state index contributed by atoms with van der Waals surface area (Å²) in [4.78, 5) is 29.0. The molecule has 0 aliphatic carbocycles. The number of hydrogen-bond acceptors (Lipinski definition) is 8. The zero-order valence-electron chi connectivity index (χ0n) is 8.82. The first-order chi connectivity index (χ1) is 7.43. The van der Waals surface area contributed by atoms with Gasteiger partial charge >= 0.3 is 5.97 Å². The summed E-state index contributed by atoms with van der Waals surface area (Å²) in [6.45, 7) is 0.199. The molecule has 0 aliphatic heterocycles. The summed E-state index contributed by atoms with van der Waals surface area (Å²) in [5.74, 6) is -0.851. The van der Waals surface area contributed by atoms with Crippen LogP contribution in [0.1, 0.15) is 6.92 Å². The molecular weight excluding hydrogens is 421 g/mol. The molecule has 0 saturated heterocycles. The molecule has 0 amide bonds. The third-order valence-corrected chi connectivity index (χ3v) is 1.68. The monoisotopic (exact) mass is 435 g/mol. The van der Waals surface area contributed by atoms with Crippen molar-refractivity contribution in [1.82, 2.24) is 0 Å². The van der Waals surface area contributed by atoms with Crippen LogP contribution in [-0.2, 0) is 41.7 Å². The molecular formula is C8H14AuO8. The maximum Gasteiger partial charge on any atom is 0.339 e. The second kappa shape index (κ2) is 9.68. The first-order valence-corrected chi connectivity index (χ1v) is 4.38. The van der Waals surface area contributed by atoms with Gasteiger partial charge in [0.25, 0.3) is 0 Å². The number of aliphatic hydroxyl groups excluding tert-OH is 4. The summed E-state index contributed by atoms with van der Waals surface area (Å²) in [6, 6.07) is 0. The Morgan fingerprint density at radius 3 is 2.18 bits per heavy atom. The van der Waals surface area contributed by atoms with E-state index in [0.29, 0.717) is 0 Å². The minimum Gasteiger partial charge on any atom is -0.394 e. The number of carbonyl (C=O) groups excluding carboxylic acids is 2. The zero-order valence-corrected chi connectivity index (χ0v) is 11.0. The summed E-state index contributed by atoms with van der Waals surface area (Å²) >= 11 is 0. The van der Waals surface area contributed by atoms with Crippen molar-refractivity contribution in [3.05, 3.63) is 0 Å². The molecule has 0 rings (SSSR count). The smallest absolute Gasteiger partial charge is 0.339 e. The first-order valence-electron chi connectivity index (χ1n) is 4.38. The van der Waals surface area contributed by atoms with E-state index in [1.165, 1.54) is 0 Å². The number of carbonyl (C=O) groups is 2. The normalized spacial score (nSPS) is 17.2. The van der Waals surface area contributed by atoms with Gasteiger partial charge in [0.1, 0.15) is 18.3 Å². The molecule has 9 heteroatoms. The van der Waals surface area contributed by atoms with Crippen LogP contribution >= 0.6 is 0 Å². The van der Waals surface area contributed by atoms with Crippen molar-refractivity contribution in [2.75, 3.05) is 6.61 Å². The van der Waals surface area contributed by atoms with Crippen LogP contribution in [-0.4, -0.2) is 63.7 Å². The molecule has 17 heavy (non-hydrogen) atoms. The van der Waals surface area contributed by atoms with Crippen molar-refractivity contribution in [1.29, 1.82) is 0 Å². The van der Waals surface area contributed by atoms with Crippen molar-refractivity contribution >= 4 is 12.3 Å². The molecule has 0 aromatic carbocycles. The van der Waals surface area contributed by atoms with Gasteiger partial charge in [0.05, 0.1) is 6.61 Å². The van der Waals surface area contributed by atoms with Gasteiger partial charge in [0.2, 0.25) is 0 Å².